The first-order chi connectivity index (χ1) is 7.16. The molecule has 4 heteroatoms. The molecule has 0 aromatic heterocycles. The Morgan fingerprint density at radius 1 is 1.60 bits per heavy atom. The Morgan fingerprint density at radius 3 is 2.93 bits per heavy atom. The van der Waals surface area contributed by atoms with Gasteiger partial charge < -0.3 is 9.64 Å². The van der Waals surface area contributed by atoms with Crippen LogP contribution >= 0.6 is 0 Å². The summed E-state index contributed by atoms with van der Waals surface area (Å²) in [7, 11) is 0. The zero-order valence-corrected chi connectivity index (χ0v) is 9.07. The lowest BCUT2D eigenvalue weighted by Gasteiger charge is -2.16. The molecule has 0 aromatic rings. The number of ketones is 1. The van der Waals surface area contributed by atoms with Crippen LogP contribution in [0.2, 0.25) is 0 Å². The highest BCUT2D eigenvalue weighted by atomic mass is 16.5. The minimum atomic E-state index is 0.0220. The Kier molecular flexibility index (Phi) is 3.05. The smallest absolute Gasteiger partial charge is 0.223 e. The highest BCUT2D eigenvalue weighted by molar-refractivity contribution is 5.88. The minimum Gasteiger partial charge on any atom is -0.381 e. The van der Waals surface area contributed by atoms with Crippen LogP contribution in [0.1, 0.15) is 19.8 Å². The van der Waals surface area contributed by atoms with E-state index < -0.39 is 0 Å². The van der Waals surface area contributed by atoms with Crippen LogP contribution in [0.3, 0.4) is 0 Å². The van der Waals surface area contributed by atoms with Crippen LogP contribution in [0.25, 0.3) is 0 Å². The molecule has 2 aliphatic heterocycles. The molecule has 4 nitrogen and oxygen atoms in total. The van der Waals surface area contributed by atoms with Crippen LogP contribution in [0, 0.1) is 11.8 Å². The molecule has 2 rings (SSSR count). The number of Topliss-reactive ketones (excluding diaryl/α,β-unsaturated/α-hetero) is 1. The van der Waals surface area contributed by atoms with Crippen LogP contribution in [0.15, 0.2) is 0 Å². The maximum absolute atomic E-state index is 11.8. The molecule has 0 saturated carbocycles. The second kappa shape index (κ2) is 4.31. The van der Waals surface area contributed by atoms with Crippen molar-refractivity contribution >= 4 is 11.7 Å². The van der Waals surface area contributed by atoms with E-state index in [-0.39, 0.29) is 24.2 Å². The maximum Gasteiger partial charge on any atom is 0.223 e. The molecule has 0 N–H and O–H groups in total. The van der Waals surface area contributed by atoms with Crippen LogP contribution in [0.4, 0.5) is 0 Å². The van der Waals surface area contributed by atoms with E-state index in [9.17, 15) is 9.59 Å². The van der Waals surface area contributed by atoms with Gasteiger partial charge in [0.15, 0.2) is 5.78 Å². The maximum atomic E-state index is 11.8. The summed E-state index contributed by atoms with van der Waals surface area (Å²) in [5, 5.41) is 0. The van der Waals surface area contributed by atoms with Crippen LogP contribution in [0.5, 0.6) is 0 Å². The van der Waals surface area contributed by atoms with Crippen LogP contribution in [-0.2, 0) is 14.3 Å². The number of ether oxygens (including phenoxy) is 1. The zero-order chi connectivity index (χ0) is 10.8. The fourth-order valence-electron chi connectivity index (χ4n) is 2.23. The molecule has 0 aliphatic carbocycles. The van der Waals surface area contributed by atoms with Crippen molar-refractivity contribution in [2.75, 3.05) is 26.3 Å². The summed E-state index contributed by atoms with van der Waals surface area (Å²) in [6.45, 7) is 4.29. The summed E-state index contributed by atoms with van der Waals surface area (Å²) in [6.07, 6.45) is 1.41. The largest absolute Gasteiger partial charge is 0.381 e. The Labute approximate surface area is 89.6 Å². The molecule has 0 spiro atoms. The Morgan fingerprint density at radius 2 is 2.40 bits per heavy atom. The predicted octanol–water partition coefficient (Wildman–Crippen LogP) is 0.460. The number of carbonyl (C=O) groups excluding carboxylic acids is 2. The molecule has 0 aromatic carbocycles. The van der Waals surface area contributed by atoms with Crippen molar-refractivity contribution in [3.05, 3.63) is 0 Å². The van der Waals surface area contributed by atoms with Crippen molar-refractivity contribution in [2.24, 2.45) is 11.8 Å². The van der Waals surface area contributed by atoms with E-state index >= 15 is 0 Å². The molecule has 2 fully saturated rings. The van der Waals surface area contributed by atoms with Gasteiger partial charge in [0.1, 0.15) is 0 Å². The number of carbonyl (C=O) groups is 2. The van der Waals surface area contributed by atoms with Crippen molar-refractivity contribution in [1.29, 1.82) is 0 Å². The van der Waals surface area contributed by atoms with Crippen molar-refractivity contribution < 1.29 is 14.3 Å². The van der Waals surface area contributed by atoms with Gasteiger partial charge in [0.05, 0.1) is 13.2 Å². The van der Waals surface area contributed by atoms with E-state index in [1.165, 1.54) is 0 Å². The van der Waals surface area contributed by atoms with Crippen molar-refractivity contribution in [1.82, 2.24) is 4.90 Å². The van der Waals surface area contributed by atoms with E-state index in [1.54, 1.807) is 4.90 Å². The number of hydrogen-bond donors (Lipinski definition) is 0. The van der Waals surface area contributed by atoms with Gasteiger partial charge in [-0.1, -0.05) is 6.92 Å². The summed E-state index contributed by atoms with van der Waals surface area (Å²) in [5.74, 6) is 0.698. The summed E-state index contributed by atoms with van der Waals surface area (Å²) in [6, 6.07) is 0. The van der Waals surface area contributed by atoms with E-state index in [4.69, 9.17) is 4.74 Å². The first-order valence-corrected chi connectivity index (χ1v) is 5.55. The predicted molar refractivity (Wildman–Crippen MR) is 54.3 cm³/mol. The van der Waals surface area contributed by atoms with Crippen molar-refractivity contribution in [2.45, 2.75) is 19.8 Å². The number of likely N-dealkylation sites (tertiary alicyclic amines) is 1. The SMILES string of the molecule is CC1CC(=O)N(CC(=O)C2CCOC2)C1. The second-order valence-electron chi connectivity index (χ2n) is 4.61. The van der Waals surface area contributed by atoms with Crippen LogP contribution < -0.4 is 0 Å². The normalized spacial score (nSPS) is 31.3. The van der Waals surface area contributed by atoms with Crippen molar-refractivity contribution in [3.63, 3.8) is 0 Å². The summed E-state index contributed by atoms with van der Waals surface area (Å²) >= 11 is 0. The molecular formula is C11H17NO3. The van der Waals surface area contributed by atoms with Gasteiger partial charge in [-0.3, -0.25) is 9.59 Å². The summed E-state index contributed by atoms with van der Waals surface area (Å²) < 4.78 is 5.17. The van der Waals surface area contributed by atoms with Gasteiger partial charge in [-0.05, 0) is 12.3 Å². The number of amides is 1. The van der Waals surface area contributed by atoms with E-state index in [1.807, 2.05) is 6.92 Å². The molecule has 0 radical (unpaired) electrons. The standard InChI is InChI=1S/C11H17NO3/c1-8-4-11(14)12(5-8)6-10(13)9-2-3-15-7-9/h8-9H,2-7H2,1H3. The first kappa shape index (κ1) is 10.6. The molecule has 2 heterocycles. The Bertz CT molecular complexity index is 271. The fraction of sp³-hybridized carbons (Fsp3) is 0.818. The second-order valence-corrected chi connectivity index (χ2v) is 4.61. The molecule has 2 atom stereocenters. The van der Waals surface area contributed by atoms with Crippen LogP contribution in [-0.4, -0.2) is 42.9 Å². The zero-order valence-electron chi connectivity index (χ0n) is 9.07. The number of rotatable bonds is 3. The van der Waals surface area contributed by atoms with Gasteiger partial charge in [-0.2, -0.15) is 0 Å². The molecule has 0 bridgehead atoms. The third-order valence-electron chi connectivity index (χ3n) is 3.14. The first-order valence-electron chi connectivity index (χ1n) is 5.55. The summed E-state index contributed by atoms with van der Waals surface area (Å²) in [5.41, 5.74) is 0. The number of hydrogen-bond acceptors (Lipinski definition) is 3. The Balaban J connectivity index is 1.85. The lowest BCUT2D eigenvalue weighted by atomic mass is 10.0. The average Bonchev–Trinajstić information content (AvgIpc) is 2.76. The van der Waals surface area contributed by atoms with Gasteiger partial charge in [-0.25, -0.2) is 0 Å². The van der Waals surface area contributed by atoms with E-state index in [0.717, 1.165) is 13.0 Å². The molecule has 2 aliphatic rings. The Hall–Kier alpha value is -0.900. The lowest BCUT2D eigenvalue weighted by Crippen LogP contribution is -2.34. The molecule has 15 heavy (non-hydrogen) atoms. The quantitative estimate of drug-likeness (QED) is 0.681. The lowest BCUT2D eigenvalue weighted by molar-refractivity contribution is -0.133. The third kappa shape index (κ3) is 2.37. The molecule has 1 amide bonds. The monoisotopic (exact) mass is 211 g/mol. The van der Waals surface area contributed by atoms with Gasteiger partial charge in [-0.15, -0.1) is 0 Å². The van der Waals surface area contributed by atoms with Crippen molar-refractivity contribution in [3.8, 4) is 0 Å². The van der Waals surface area contributed by atoms with Gasteiger partial charge in [0.25, 0.3) is 0 Å². The van der Waals surface area contributed by atoms with E-state index in [2.05, 4.69) is 0 Å². The molecular weight excluding hydrogens is 194 g/mol. The third-order valence-corrected chi connectivity index (χ3v) is 3.14. The molecule has 2 saturated heterocycles. The summed E-state index contributed by atoms with van der Waals surface area (Å²) in [4.78, 5) is 24.9. The molecule has 84 valence electrons. The van der Waals surface area contributed by atoms with Gasteiger partial charge >= 0.3 is 0 Å². The van der Waals surface area contributed by atoms with Gasteiger partial charge in [0, 0.05) is 25.5 Å². The number of nitrogens with zero attached hydrogens (tertiary/aromatic N) is 1. The highest BCUT2D eigenvalue weighted by Gasteiger charge is 2.31. The van der Waals surface area contributed by atoms with E-state index in [0.29, 0.717) is 25.6 Å². The molecule has 2 unspecified atom stereocenters. The average molecular weight is 211 g/mol. The fourth-order valence-corrected chi connectivity index (χ4v) is 2.23. The van der Waals surface area contributed by atoms with Gasteiger partial charge in [0.2, 0.25) is 5.91 Å². The minimum absolute atomic E-state index is 0.0220. The highest BCUT2D eigenvalue weighted by Crippen LogP contribution is 2.19. The topological polar surface area (TPSA) is 46.6 Å².